The fourth-order valence-corrected chi connectivity index (χ4v) is 13.3. The molecule has 2 aromatic carbocycles. The molecule has 0 atom stereocenters. The van der Waals surface area contributed by atoms with Crippen LogP contribution in [0.4, 0.5) is 0 Å². The van der Waals surface area contributed by atoms with Crippen LogP contribution in [0.25, 0.3) is 16.9 Å². The van der Waals surface area contributed by atoms with E-state index < -0.39 is 0 Å². The molecule has 0 aromatic heterocycles. The average molecular weight is 1230 g/mol. The smallest absolute Gasteiger partial charge is 0.493 e. The van der Waals surface area contributed by atoms with Crippen LogP contribution >= 0.6 is 0 Å². The Hall–Kier alpha value is -1.99. The molecule has 0 fully saturated rings. The minimum atomic E-state index is 0. The van der Waals surface area contributed by atoms with Gasteiger partial charge in [-0.3, -0.25) is 0 Å². The fraction of sp³-hybridized carbons (Fsp3) is 0.783. The first-order valence-electron chi connectivity index (χ1n) is 38.5. The molecule has 86 heavy (non-hydrogen) atoms. The Kier molecular flexibility index (Phi) is 59.2. The number of rotatable bonds is 55. The molecule has 0 aliphatic carbocycles. The van der Waals surface area contributed by atoms with Crippen LogP contribution in [-0.4, -0.2) is 4.70 Å². The van der Waals surface area contributed by atoms with Gasteiger partial charge in [0.05, 0.1) is 0 Å². The Balaban J connectivity index is 0.00000137. The molecule has 0 amide bonds. The zero-order valence-electron chi connectivity index (χ0n) is 59.8. The van der Waals surface area contributed by atoms with Crippen molar-refractivity contribution in [2.24, 2.45) is 0 Å². The Morgan fingerprint density at radius 3 is 0.826 bits per heavy atom. The summed E-state index contributed by atoms with van der Waals surface area (Å²) in [5, 5.41) is 0. The molecule has 0 N–H and O–H groups in total. The van der Waals surface area contributed by atoms with Crippen molar-refractivity contribution in [3.8, 4) is 0 Å². The van der Waals surface area contributed by atoms with Gasteiger partial charge in [0.25, 0.3) is 0 Å². The van der Waals surface area contributed by atoms with E-state index >= 15 is 0 Å². The van der Waals surface area contributed by atoms with Crippen molar-refractivity contribution in [3.05, 3.63) is 99.3 Å². The van der Waals surface area contributed by atoms with Gasteiger partial charge < -0.3 is 19.4 Å². The van der Waals surface area contributed by atoms with Crippen molar-refractivity contribution < 1.29 is 21.2 Å². The van der Waals surface area contributed by atoms with Gasteiger partial charge in [-0.25, -0.2) is 4.70 Å². The van der Waals surface area contributed by atoms with Gasteiger partial charge in [-0.05, 0) is 135 Å². The Bertz CT molecular complexity index is 1800. The van der Waals surface area contributed by atoms with Crippen LogP contribution in [0.1, 0.15) is 428 Å². The first-order valence-corrected chi connectivity index (χ1v) is 38.5. The molecule has 1 aliphatic rings. The van der Waals surface area contributed by atoms with Crippen LogP contribution in [0, 0.1) is 13.8 Å². The largest absolute Gasteiger partial charge is 2.00 e. The van der Waals surface area contributed by atoms with E-state index in [2.05, 4.69) is 107 Å². The summed E-state index contributed by atoms with van der Waals surface area (Å²) in [5.41, 5.74) is 28.0. The van der Waals surface area contributed by atoms with Gasteiger partial charge in [0.1, 0.15) is 0 Å². The van der Waals surface area contributed by atoms with Gasteiger partial charge in [0.15, 0.2) is 0 Å². The van der Waals surface area contributed by atoms with Gasteiger partial charge in [0, 0.05) is 22.3 Å². The average Bonchev–Trinajstić information content (AvgIpc) is 1.85. The van der Waals surface area contributed by atoms with E-state index in [0.29, 0.717) is 0 Å². The summed E-state index contributed by atoms with van der Waals surface area (Å²) in [4.78, 5) is 0. The molecule has 0 bridgehead atoms. The summed E-state index contributed by atoms with van der Waals surface area (Å²) >= 11 is 0. The zero-order chi connectivity index (χ0) is 62.2. The maximum Gasteiger partial charge on any atom is 2.00 e. The number of hydrogen-bond acceptors (Lipinski definition) is 0. The molecule has 500 valence electrons. The van der Waals surface area contributed by atoms with Gasteiger partial charge in [-0.1, -0.05) is 332 Å². The molecular weight excluding hydrogens is 1080 g/mol. The molecular formula is C83H148N2Ni. The first kappa shape index (κ1) is 84.0. The van der Waals surface area contributed by atoms with Crippen LogP contribution < -0.4 is 0 Å². The van der Waals surface area contributed by atoms with Crippen LogP contribution in [0.2, 0.25) is 0 Å². The third kappa shape index (κ3) is 38.6. The molecule has 0 saturated heterocycles. The van der Waals surface area contributed by atoms with Crippen molar-refractivity contribution in [3.63, 3.8) is 0 Å². The topological polar surface area (TPSA) is 25.3 Å². The molecule has 2 aromatic rings. The number of aryl methyl sites for hydroxylation is 4. The monoisotopic (exact) mass is 1230 g/mol. The first-order chi connectivity index (χ1) is 41.7. The Morgan fingerprint density at radius 2 is 0.547 bits per heavy atom. The molecule has 2 nitrogen and oxygen atoms in total. The van der Waals surface area contributed by atoms with Crippen molar-refractivity contribution in [2.45, 2.75) is 422 Å². The second kappa shape index (κ2) is 60.6. The molecule has 1 aliphatic heterocycles. The molecule has 0 unspecified atom stereocenters. The summed E-state index contributed by atoms with van der Waals surface area (Å²) in [7, 11) is 0. The van der Waals surface area contributed by atoms with Crippen molar-refractivity contribution >= 4 is 11.4 Å². The van der Waals surface area contributed by atoms with E-state index in [1.807, 2.05) is 0 Å². The second-order valence-electron chi connectivity index (χ2n) is 26.6. The molecule has 0 radical (unpaired) electrons. The second-order valence-corrected chi connectivity index (χ2v) is 26.6. The SMILES string of the molecule is CCCCC1=C(c2cc(CCCC)c(CCCC)c(CCCC)c2)[N+](=[N-])C(c2cc(CC)c(CC)c(CC)c2)=C1C.[CH2-]CCCCCCCCCCCCCCCCCCCCC.[CH2-]CCCCCCCCCCCCCCCCCCCCC.[Ni+2]. The Morgan fingerprint density at radius 1 is 0.291 bits per heavy atom. The summed E-state index contributed by atoms with van der Waals surface area (Å²) in [6.45, 7) is 30.6. The van der Waals surface area contributed by atoms with Gasteiger partial charge in [-0.15, -0.1) is 0 Å². The summed E-state index contributed by atoms with van der Waals surface area (Å²) < 4.78 is 1.58. The summed E-state index contributed by atoms with van der Waals surface area (Å²) in [6, 6.07) is 9.61. The Labute approximate surface area is 551 Å². The van der Waals surface area contributed by atoms with Crippen molar-refractivity contribution in [1.29, 1.82) is 0 Å². The van der Waals surface area contributed by atoms with E-state index in [0.717, 1.165) is 81.2 Å². The number of nitrogens with zero attached hydrogens (tertiary/aromatic N) is 2. The molecule has 3 rings (SSSR count). The molecule has 0 spiro atoms. The molecule has 3 heteroatoms. The van der Waals surface area contributed by atoms with E-state index in [1.54, 1.807) is 10.3 Å². The van der Waals surface area contributed by atoms with Crippen LogP contribution in [-0.2, 0) is 55.0 Å². The molecule has 1 heterocycles. The predicted octanol–water partition coefficient (Wildman–Crippen LogP) is 29.1. The van der Waals surface area contributed by atoms with Gasteiger partial charge in [-0.2, -0.15) is 12.8 Å². The third-order valence-corrected chi connectivity index (χ3v) is 18.9. The molecule has 0 saturated carbocycles. The van der Waals surface area contributed by atoms with E-state index in [4.69, 9.17) is 0 Å². The summed E-state index contributed by atoms with van der Waals surface area (Å²) in [6.07, 6.45) is 74.7. The minimum Gasteiger partial charge on any atom is -0.493 e. The maximum absolute atomic E-state index is 12.1. The fourth-order valence-electron chi connectivity index (χ4n) is 13.3. The standard InChI is InChI=1S/C39H58N2.2C22H45.Ni/c1-9-16-20-31-26-34(27-32(21-17-10-2)37(31)23-19-12-4)39-36(22-18-11-3)28(8)38(41(39)40)33-24-29(13-5)35(15-7)30(14-6)25-33;2*1-3-5-7-9-11-13-15-17-19-21-22-20-18-16-14-12-10-8-6-4-2;/h24-27H,9-23H2,1-8H3;2*1,3-22H2,2H3;/q;2*-1;+2. The normalized spacial score (nSPS) is 12.3. The predicted molar refractivity (Wildman–Crippen MR) is 386 cm³/mol. The van der Waals surface area contributed by atoms with Crippen LogP contribution in [0.15, 0.2) is 35.4 Å². The number of benzene rings is 2. The van der Waals surface area contributed by atoms with Crippen LogP contribution in [0.3, 0.4) is 0 Å². The van der Waals surface area contributed by atoms with E-state index in [1.165, 1.54) is 333 Å². The number of hydrogen-bond donors (Lipinski definition) is 0. The van der Waals surface area contributed by atoms with Gasteiger partial charge in [0.2, 0.25) is 11.4 Å². The minimum absolute atomic E-state index is 0. The van der Waals surface area contributed by atoms with E-state index in [9.17, 15) is 5.53 Å². The summed E-state index contributed by atoms with van der Waals surface area (Å²) in [5.74, 6) is 0. The van der Waals surface area contributed by atoms with E-state index in [-0.39, 0.29) is 16.5 Å². The van der Waals surface area contributed by atoms with Crippen LogP contribution in [0.5, 0.6) is 0 Å². The number of unbranched alkanes of at least 4 members (excludes halogenated alkanes) is 42. The third-order valence-electron chi connectivity index (χ3n) is 18.9. The quantitative estimate of drug-likeness (QED) is 0.0273. The number of allylic oxidation sites excluding steroid dienone is 2. The zero-order valence-corrected chi connectivity index (χ0v) is 60.8. The maximum atomic E-state index is 12.1. The van der Waals surface area contributed by atoms with Crippen molar-refractivity contribution in [2.75, 3.05) is 0 Å². The van der Waals surface area contributed by atoms with Gasteiger partial charge >= 0.3 is 16.5 Å². The van der Waals surface area contributed by atoms with Crippen molar-refractivity contribution in [1.82, 2.24) is 0 Å².